The summed E-state index contributed by atoms with van der Waals surface area (Å²) in [5.74, 6) is -0.0210. The summed E-state index contributed by atoms with van der Waals surface area (Å²) in [7, 11) is 0. The molecule has 1 aromatic heterocycles. The quantitative estimate of drug-likeness (QED) is 0.285. The molecule has 0 atom stereocenters. The number of halogens is 1. The second-order valence-corrected chi connectivity index (χ2v) is 6.52. The number of hydrogen-bond acceptors (Lipinski definition) is 4. The Hall–Kier alpha value is -2.71. The molecule has 0 N–H and O–H groups in total. The fourth-order valence-electron chi connectivity index (χ4n) is 2.74. The van der Waals surface area contributed by atoms with Gasteiger partial charge in [0.25, 0.3) is 0 Å². The number of carbonyl (C=O) groups excluding carboxylic acids is 1. The van der Waals surface area contributed by atoms with Gasteiger partial charge in [-0.2, -0.15) is 5.26 Å². The molecule has 0 saturated heterocycles. The van der Waals surface area contributed by atoms with Gasteiger partial charge < -0.3 is 14.0 Å². The molecule has 0 bridgehead atoms. The topological polar surface area (TPSA) is 64.2 Å². The molecule has 0 saturated carbocycles. The van der Waals surface area contributed by atoms with Gasteiger partial charge in [0.15, 0.2) is 0 Å². The van der Waals surface area contributed by atoms with Crippen LogP contribution in [0.3, 0.4) is 0 Å². The highest BCUT2D eigenvalue weighted by Gasteiger charge is 2.14. The van der Waals surface area contributed by atoms with Gasteiger partial charge >= 0.3 is 5.97 Å². The third-order valence-electron chi connectivity index (χ3n) is 4.10. The Labute approximate surface area is 164 Å². The molecule has 0 aliphatic carbocycles. The van der Waals surface area contributed by atoms with E-state index in [2.05, 4.69) is 11.5 Å². The van der Waals surface area contributed by atoms with Crippen molar-refractivity contribution in [3.63, 3.8) is 0 Å². The van der Waals surface area contributed by atoms with Gasteiger partial charge in [0.05, 0.1) is 0 Å². The number of rotatable bonds is 8. The fourth-order valence-corrected chi connectivity index (χ4v) is 2.86. The summed E-state index contributed by atoms with van der Waals surface area (Å²) in [4.78, 5) is 12.2. The lowest BCUT2D eigenvalue weighted by atomic mass is 10.1. The highest BCUT2D eigenvalue weighted by atomic mass is 35.5. The number of aromatic nitrogens is 1. The minimum atomic E-state index is -0.655. The zero-order valence-corrected chi connectivity index (χ0v) is 16.5. The maximum Gasteiger partial charge on any atom is 0.349 e. The smallest absolute Gasteiger partial charge is 0.349 e. The van der Waals surface area contributed by atoms with Crippen molar-refractivity contribution in [2.45, 2.75) is 33.7 Å². The first-order valence-electron chi connectivity index (χ1n) is 8.80. The van der Waals surface area contributed by atoms with Crippen LogP contribution in [0, 0.1) is 25.2 Å². The molecule has 0 spiro atoms. The summed E-state index contributed by atoms with van der Waals surface area (Å²) in [6, 6.07) is 10.8. The molecule has 0 aliphatic heterocycles. The van der Waals surface area contributed by atoms with E-state index in [-0.39, 0.29) is 18.8 Å². The molecular formula is C21H23ClN2O3. The molecule has 142 valence electrons. The fraction of sp³-hybridized carbons (Fsp3) is 0.333. The predicted molar refractivity (Wildman–Crippen MR) is 106 cm³/mol. The predicted octanol–water partition coefficient (Wildman–Crippen LogP) is 4.70. The molecule has 2 rings (SSSR count). The van der Waals surface area contributed by atoms with Crippen molar-refractivity contribution in [2.24, 2.45) is 0 Å². The highest BCUT2D eigenvalue weighted by Crippen LogP contribution is 2.19. The van der Waals surface area contributed by atoms with Gasteiger partial charge in [0.1, 0.15) is 30.6 Å². The summed E-state index contributed by atoms with van der Waals surface area (Å²) in [6.07, 6.45) is 2.59. The summed E-state index contributed by atoms with van der Waals surface area (Å²) in [6.45, 7) is 7.25. The van der Waals surface area contributed by atoms with Gasteiger partial charge in [-0.05, 0) is 62.2 Å². The number of carbonyl (C=O) groups is 1. The molecule has 0 aliphatic rings. The number of nitrogens with zero attached hydrogens (tertiary/aromatic N) is 2. The third kappa shape index (κ3) is 5.63. The first-order valence-corrected chi connectivity index (χ1v) is 9.18. The van der Waals surface area contributed by atoms with Crippen molar-refractivity contribution in [1.82, 2.24) is 4.57 Å². The van der Waals surface area contributed by atoms with Crippen LogP contribution in [0.5, 0.6) is 5.75 Å². The molecule has 0 radical (unpaired) electrons. The first kappa shape index (κ1) is 20.6. The minimum Gasteiger partial charge on any atom is -0.490 e. The van der Waals surface area contributed by atoms with Gasteiger partial charge in [0, 0.05) is 23.0 Å². The lowest BCUT2D eigenvalue weighted by molar-refractivity contribution is -0.139. The van der Waals surface area contributed by atoms with Crippen LogP contribution in [0.1, 0.15) is 30.3 Å². The van der Waals surface area contributed by atoms with Crippen LogP contribution in [-0.4, -0.2) is 23.8 Å². The monoisotopic (exact) mass is 386 g/mol. The Kier molecular flexibility index (Phi) is 7.51. The summed E-state index contributed by atoms with van der Waals surface area (Å²) < 4.78 is 12.8. The van der Waals surface area contributed by atoms with Gasteiger partial charge in [-0.1, -0.05) is 18.5 Å². The first-order chi connectivity index (χ1) is 13.0. The lowest BCUT2D eigenvalue weighted by Gasteiger charge is -2.08. The van der Waals surface area contributed by atoms with Gasteiger partial charge in [-0.25, -0.2) is 4.79 Å². The third-order valence-corrected chi connectivity index (χ3v) is 4.35. The maximum atomic E-state index is 12.2. The minimum absolute atomic E-state index is 0.0294. The van der Waals surface area contributed by atoms with Crippen LogP contribution in [0.4, 0.5) is 0 Å². The molecule has 0 fully saturated rings. The van der Waals surface area contributed by atoms with Crippen LogP contribution in [0.15, 0.2) is 35.9 Å². The van der Waals surface area contributed by atoms with Crippen molar-refractivity contribution < 1.29 is 14.3 Å². The number of hydrogen-bond donors (Lipinski definition) is 0. The Morgan fingerprint density at radius 1 is 1.26 bits per heavy atom. The molecule has 2 aromatic rings. The number of aryl methyl sites for hydroxylation is 1. The molecule has 6 heteroatoms. The second-order valence-electron chi connectivity index (χ2n) is 6.09. The Bertz CT molecular complexity index is 861. The standard InChI is InChI=1S/C21H23ClN2O3/c1-4-9-24-15(2)12-17(16(24)3)13-18(14-23)21(25)27-11-10-26-20-7-5-19(22)6-8-20/h5-8,12-13H,4,9-11H2,1-3H3/b18-13+. The zero-order valence-electron chi connectivity index (χ0n) is 15.8. The Morgan fingerprint density at radius 2 is 1.96 bits per heavy atom. The van der Waals surface area contributed by atoms with Gasteiger partial charge in [-0.3, -0.25) is 0 Å². The maximum absolute atomic E-state index is 12.2. The van der Waals surface area contributed by atoms with Crippen molar-refractivity contribution in [1.29, 1.82) is 5.26 Å². The van der Waals surface area contributed by atoms with E-state index in [1.165, 1.54) is 0 Å². The molecule has 27 heavy (non-hydrogen) atoms. The normalized spacial score (nSPS) is 11.1. The van der Waals surface area contributed by atoms with Crippen molar-refractivity contribution in [3.05, 3.63) is 57.9 Å². The SMILES string of the molecule is CCCn1c(C)cc(/C=C(\C#N)C(=O)OCCOc2ccc(Cl)cc2)c1C. The van der Waals surface area contributed by atoms with Gasteiger partial charge in [0.2, 0.25) is 0 Å². The average molecular weight is 387 g/mol. The molecule has 1 heterocycles. The lowest BCUT2D eigenvalue weighted by Crippen LogP contribution is -2.13. The summed E-state index contributed by atoms with van der Waals surface area (Å²) in [5.41, 5.74) is 2.95. The highest BCUT2D eigenvalue weighted by molar-refractivity contribution is 6.30. The molecule has 5 nitrogen and oxygen atoms in total. The van der Waals surface area contributed by atoms with E-state index in [1.54, 1.807) is 30.3 Å². The van der Waals surface area contributed by atoms with E-state index < -0.39 is 5.97 Å². The van der Waals surface area contributed by atoms with E-state index in [0.29, 0.717) is 10.8 Å². The molecule has 1 aromatic carbocycles. The number of ether oxygens (including phenoxy) is 2. The van der Waals surface area contributed by atoms with Crippen LogP contribution >= 0.6 is 11.6 Å². The largest absolute Gasteiger partial charge is 0.490 e. The Balaban J connectivity index is 1.95. The van der Waals surface area contributed by atoms with E-state index in [0.717, 1.165) is 29.9 Å². The molecule has 0 unspecified atom stereocenters. The molecular weight excluding hydrogens is 364 g/mol. The van der Waals surface area contributed by atoms with E-state index >= 15 is 0 Å². The van der Waals surface area contributed by atoms with Crippen molar-refractivity contribution in [2.75, 3.05) is 13.2 Å². The van der Waals surface area contributed by atoms with Crippen LogP contribution in [-0.2, 0) is 16.1 Å². The van der Waals surface area contributed by atoms with Crippen LogP contribution in [0.2, 0.25) is 5.02 Å². The number of benzene rings is 1. The van der Waals surface area contributed by atoms with Crippen LogP contribution in [0.25, 0.3) is 6.08 Å². The summed E-state index contributed by atoms with van der Waals surface area (Å²) in [5, 5.41) is 9.94. The van der Waals surface area contributed by atoms with E-state index in [4.69, 9.17) is 21.1 Å². The van der Waals surface area contributed by atoms with E-state index in [1.807, 2.05) is 26.0 Å². The van der Waals surface area contributed by atoms with Crippen molar-refractivity contribution in [3.8, 4) is 11.8 Å². The van der Waals surface area contributed by atoms with Gasteiger partial charge in [-0.15, -0.1) is 0 Å². The van der Waals surface area contributed by atoms with Crippen LogP contribution < -0.4 is 4.74 Å². The number of esters is 1. The molecule has 0 amide bonds. The second kappa shape index (κ2) is 9.84. The average Bonchev–Trinajstić information content (AvgIpc) is 2.92. The number of nitriles is 1. The van der Waals surface area contributed by atoms with E-state index in [9.17, 15) is 10.1 Å². The summed E-state index contributed by atoms with van der Waals surface area (Å²) >= 11 is 5.81. The zero-order chi connectivity index (χ0) is 19.8. The Morgan fingerprint density at radius 3 is 2.59 bits per heavy atom. The van der Waals surface area contributed by atoms with Crippen molar-refractivity contribution >= 4 is 23.6 Å².